The Hall–Kier alpha value is -1.83. The molecule has 4 rings (SSSR count). The van der Waals surface area contributed by atoms with Gasteiger partial charge in [0.05, 0.1) is 5.71 Å². The van der Waals surface area contributed by atoms with Crippen LogP contribution in [0, 0.1) is 0 Å². The van der Waals surface area contributed by atoms with Crippen LogP contribution in [0.2, 0.25) is 0 Å². The molecule has 0 N–H and O–H groups in total. The largest absolute Gasteiger partial charge is 0.267 e. The van der Waals surface area contributed by atoms with Gasteiger partial charge >= 0.3 is 0 Å². The molecule has 1 fully saturated rings. The van der Waals surface area contributed by atoms with Crippen molar-refractivity contribution >= 4 is 5.71 Å². The lowest BCUT2D eigenvalue weighted by Gasteiger charge is -2.21. The molecule has 0 aromatic heterocycles. The second-order valence-corrected chi connectivity index (χ2v) is 4.19. The first-order valence-corrected chi connectivity index (χ1v) is 5.22. The Labute approximate surface area is 88.2 Å². The quantitative estimate of drug-likeness (QED) is 0.626. The molecule has 1 aromatic rings. The maximum atomic E-state index is 4.48. The molecule has 1 aliphatic carbocycles. The van der Waals surface area contributed by atoms with Crippen LogP contribution in [0.4, 0.5) is 0 Å². The smallest absolute Gasteiger partial charge is 0.147 e. The minimum atomic E-state index is 0.121. The molecule has 15 heavy (non-hydrogen) atoms. The molecule has 2 nitrogen and oxygen atoms in total. The van der Waals surface area contributed by atoms with Gasteiger partial charge in [0.1, 0.15) is 11.6 Å². The van der Waals surface area contributed by atoms with Gasteiger partial charge in [-0.3, -0.25) is 5.01 Å². The molecule has 2 heterocycles. The number of hydrogen-bond acceptors (Lipinski definition) is 2. The zero-order chi connectivity index (χ0) is 9.88. The minimum Gasteiger partial charge on any atom is -0.267 e. The fourth-order valence-corrected chi connectivity index (χ4v) is 2.64. The zero-order valence-electron chi connectivity index (χ0n) is 8.17. The Kier molecular flexibility index (Phi) is 1.10. The van der Waals surface area contributed by atoms with Crippen molar-refractivity contribution in [2.24, 2.45) is 5.10 Å². The Morgan fingerprint density at radius 1 is 1.13 bits per heavy atom. The fourth-order valence-electron chi connectivity index (χ4n) is 2.64. The summed E-state index contributed by atoms with van der Waals surface area (Å²) in [7, 11) is 0. The van der Waals surface area contributed by atoms with Crippen LogP contribution >= 0.6 is 0 Å². The maximum absolute atomic E-state index is 4.48. The van der Waals surface area contributed by atoms with Crippen LogP contribution in [0.5, 0.6) is 0 Å². The average molecular weight is 194 g/mol. The number of rotatable bonds is 1. The summed E-state index contributed by atoms with van der Waals surface area (Å²) in [5, 5.41) is 6.66. The summed E-state index contributed by atoms with van der Waals surface area (Å²) in [6.45, 7) is 0. The van der Waals surface area contributed by atoms with E-state index in [0.717, 1.165) is 0 Å². The van der Waals surface area contributed by atoms with Crippen LogP contribution in [-0.4, -0.2) is 16.3 Å². The predicted octanol–water partition coefficient (Wildman–Crippen LogP) is 2.28. The van der Waals surface area contributed by atoms with Gasteiger partial charge in [-0.25, -0.2) is 0 Å². The molecule has 1 aromatic carbocycles. The lowest BCUT2D eigenvalue weighted by Crippen LogP contribution is -2.34. The van der Waals surface area contributed by atoms with Crippen LogP contribution in [-0.2, 0) is 0 Å². The highest BCUT2D eigenvalue weighted by Gasteiger charge is 2.71. The zero-order valence-corrected chi connectivity index (χ0v) is 8.17. The van der Waals surface area contributed by atoms with E-state index in [1.54, 1.807) is 0 Å². The van der Waals surface area contributed by atoms with Crippen LogP contribution in [0.1, 0.15) is 11.6 Å². The van der Waals surface area contributed by atoms with Gasteiger partial charge in [-0.15, -0.1) is 0 Å². The number of hydrogen-bond donors (Lipinski definition) is 0. The third-order valence-corrected chi connectivity index (χ3v) is 3.43. The Morgan fingerprint density at radius 3 is 2.80 bits per heavy atom. The number of allylic oxidation sites excluding steroid dienone is 2. The van der Waals surface area contributed by atoms with Gasteiger partial charge in [0.15, 0.2) is 0 Å². The van der Waals surface area contributed by atoms with Crippen molar-refractivity contribution in [3.8, 4) is 0 Å². The van der Waals surface area contributed by atoms with Crippen LogP contribution in [0.15, 0.2) is 59.7 Å². The minimum absolute atomic E-state index is 0.121. The van der Waals surface area contributed by atoms with Gasteiger partial charge in [-0.2, -0.15) is 5.10 Å². The van der Waals surface area contributed by atoms with E-state index in [2.05, 4.69) is 64.7 Å². The normalized spacial score (nSPS) is 34.0. The molecule has 1 spiro atoms. The molecule has 2 aliphatic heterocycles. The first-order valence-electron chi connectivity index (χ1n) is 5.22. The number of benzene rings is 1. The number of nitrogens with zero attached hydrogens (tertiary/aromatic N) is 2. The average Bonchev–Trinajstić information content (AvgIpc) is 2.76. The molecule has 3 aliphatic rings. The summed E-state index contributed by atoms with van der Waals surface area (Å²) in [6.07, 6.45) is 8.54. The lowest BCUT2D eigenvalue weighted by atomic mass is 9.90. The Morgan fingerprint density at radius 2 is 2.00 bits per heavy atom. The highest BCUT2D eigenvalue weighted by atomic mass is 15.7. The topological polar surface area (TPSA) is 15.4 Å². The molecular formula is C13H10N2. The Balaban J connectivity index is 1.77. The highest BCUT2D eigenvalue weighted by molar-refractivity contribution is 6.12. The SMILES string of the molecule is C1=CC2=NN3C(c4ccccc4)C23C=C1. The summed E-state index contributed by atoms with van der Waals surface area (Å²) in [4.78, 5) is 0. The third kappa shape index (κ3) is 0.708. The lowest BCUT2D eigenvalue weighted by molar-refractivity contribution is 0.471. The Bertz CT molecular complexity index is 513. The van der Waals surface area contributed by atoms with Crippen LogP contribution in [0.3, 0.4) is 0 Å². The van der Waals surface area contributed by atoms with E-state index in [0.29, 0.717) is 6.04 Å². The summed E-state index contributed by atoms with van der Waals surface area (Å²) < 4.78 is 0. The van der Waals surface area contributed by atoms with Gasteiger partial charge in [0.2, 0.25) is 0 Å². The molecular weight excluding hydrogens is 184 g/mol. The van der Waals surface area contributed by atoms with Crippen molar-refractivity contribution in [1.29, 1.82) is 0 Å². The van der Waals surface area contributed by atoms with Gasteiger partial charge in [0.25, 0.3) is 0 Å². The summed E-state index contributed by atoms with van der Waals surface area (Å²) in [6, 6.07) is 11.0. The van der Waals surface area contributed by atoms with E-state index in [4.69, 9.17) is 0 Å². The van der Waals surface area contributed by atoms with Crippen molar-refractivity contribution in [2.75, 3.05) is 0 Å². The summed E-state index contributed by atoms with van der Waals surface area (Å²) in [5.74, 6) is 0. The predicted molar refractivity (Wildman–Crippen MR) is 59.5 cm³/mol. The first-order chi connectivity index (χ1) is 7.43. The van der Waals surface area contributed by atoms with E-state index < -0.39 is 0 Å². The summed E-state index contributed by atoms with van der Waals surface area (Å²) >= 11 is 0. The van der Waals surface area contributed by atoms with E-state index in [1.807, 2.05) is 0 Å². The van der Waals surface area contributed by atoms with Crippen LogP contribution in [0.25, 0.3) is 0 Å². The maximum Gasteiger partial charge on any atom is 0.147 e. The summed E-state index contributed by atoms with van der Waals surface area (Å²) in [5.41, 5.74) is 2.69. The van der Waals surface area contributed by atoms with Crippen molar-refractivity contribution < 1.29 is 0 Å². The van der Waals surface area contributed by atoms with Gasteiger partial charge in [-0.05, 0) is 17.7 Å². The standard InChI is InChI=1S/C13H10N2/c1-2-6-10(7-3-1)12-13-9-5-4-8-11(13)14-15(12)13/h1-9,12H. The van der Waals surface area contributed by atoms with E-state index >= 15 is 0 Å². The first kappa shape index (κ1) is 7.46. The molecule has 2 heteroatoms. The molecule has 0 bridgehead atoms. The monoisotopic (exact) mass is 194 g/mol. The van der Waals surface area contributed by atoms with Crippen molar-refractivity contribution in [3.63, 3.8) is 0 Å². The van der Waals surface area contributed by atoms with E-state index in [-0.39, 0.29) is 5.54 Å². The number of hydrazone groups is 1. The van der Waals surface area contributed by atoms with Gasteiger partial charge < -0.3 is 0 Å². The molecule has 0 radical (unpaired) electrons. The van der Waals surface area contributed by atoms with Crippen molar-refractivity contribution in [3.05, 3.63) is 60.2 Å². The molecule has 72 valence electrons. The molecule has 2 atom stereocenters. The van der Waals surface area contributed by atoms with E-state index in [9.17, 15) is 0 Å². The van der Waals surface area contributed by atoms with Gasteiger partial charge in [-0.1, -0.05) is 42.5 Å². The molecule has 1 saturated heterocycles. The molecule has 2 unspecified atom stereocenters. The van der Waals surface area contributed by atoms with Crippen molar-refractivity contribution in [1.82, 2.24) is 5.01 Å². The van der Waals surface area contributed by atoms with Crippen molar-refractivity contribution in [2.45, 2.75) is 11.6 Å². The van der Waals surface area contributed by atoms with E-state index in [1.165, 1.54) is 11.3 Å². The molecule has 0 amide bonds. The van der Waals surface area contributed by atoms with Crippen LogP contribution < -0.4 is 0 Å². The molecule has 0 saturated carbocycles. The third-order valence-electron chi connectivity index (χ3n) is 3.43. The van der Waals surface area contributed by atoms with Gasteiger partial charge in [0, 0.05) is 0 Å². The fraction of sp³-hybridized carbons (Fsp3) is 0.154. The second-order valence-electron chi connectivity index (χ2n) is 4.19. The second kappa shape index (κ2) is 2.22. The highest BCUT2D eigenvalue weighted by Crippen LogP contribution is 2.62.